The van der Waals surface area contributed by atoms with Crippen LogP contribution in [0.3, 0.4) is 0 Å². The summed E-state index contributed by atoms with van der Waals surface area (Å²) in [5.74, 6) is -0.920. The number of carbonyl (C=O) groups is 2. The number of nitrogens with zero attached hydrogens (tertiary/aromatic N) is 2. The van der Waals surface area contributed by atoms with Gasteiger partial charge in [0, 0.05) is 25.2 Å². The average Bonchev–Trinajstić information content (AvgIpc) is 2.76. The molecule has 0 spiro atoms. The molecule has 3 rings (SSSR count). The number of benzene rings is 1. The molecule has 9 heteroatoms. The molecule has 0 radical (unpaired) electrons. The lowest BCUT2D eigenvalue weighted by molar-refractivity contribution is -0.138. The topological polar surface area (TPSA) is 52.7 Å². The van der Waals surface area contributed by atoms with E-state index >= 15 is 0 Å². The summed E-state index contributed by atoms with van der Waals surface area (Å²) in [6.07, 6.45) is -1.11. The largest absolute Gasteiger partial charge is 0.416 e. The Morgan fingerprint density at radius 2 is 1.59 bits per heavy atom. The number of nitrogens with one attached hydrogen (secondary N) is 1. The van der Waals surface area contributed by atoms with Crippen LogP contribution in [0, 0.1) is 23.1 Å². The van der Waals surface area contributed by atoms with E-state index in [1.807, 2.05) is 4.90 Å². The summed E-state index contributed by atoms with van der Waals surface area (Å²) in [6.45, 7) is 10.6. The van der Waals surface area contributed by atoms with Crippen LogP contribution in [-0.4, -0.2) is 60.9 Å². The maximum atomic E-state index is 13.6. The number of amides is 2. The van der Waals surface area contributed by atoms with Gasteiger partial charge in [0.15, 0.2) is 0 Å². The van der Waals surface area contributed by atoms with E-state index in [1.165, 1.54) is 0 Å². The van der Waals surface area contributed by atoms with E-state index in [0.717, 1.165) is 32.0 Å². The van der Waals surface area contributed by atoms with Crippen LogP contribution < -0.4 is 5.32 Å². The first-order valence-corrected chi connectivity index (χ1v) is 12.0. The summed E-state index contributed by atoms with van der Waals surface area (Å²) in [5, 5.41) is 2.62. The van der Waals surface area contributed by atoms with E-state index < -0.39 is 23.5 Å². The number of carbonyl (C=O) groups excluding carboxylic acids is 2. The minimum Gasteiger partial charge on any atom is -0.352 e. The SMILES string of the molecule is CC(C)(C)C1CCN(CC(=O)N2CCC(CNC(=O)c3cc(F)cc(C(F)(F)F)c3)CC2)CC1. The van der Waals surface area contributed by atoms with E-state index in [0.29, 0.717) is 55.9 Å². The molecule has 1 aromatic rings. The molecule has 0 unspecified atom stereocenters. The number of hydrogen-bond donors (Lipinski definition) is 1. The Bertz CT molecular complexity index is 866. The van der Waals surface area contributed by atoms with Crippen LogP contribution in [0.25, 0.3) is 0 Å². The van der Waals surface area contributed by atoms with Gasteiger partial charge >= 0.3 is 6.18 Å². The van der Waals surface area contributed by atoms with E-state index in [1.54, 1.807) is 0 Å². The van der Waals surface area contributed by atoms with Gasteiger partial charge in [-0.05, 0) is 74.2 Å². The van der Waals surface area contributed by atoms with Gasteiger partial charge in [0.05, 0.1) is 12.1 Å². The molecule has 0 saturated carbocycles. The number of likely N-dealkylation sites (tertiary alicyclic amines) is 2. The second-order valence-corrected chi connectivity index (χ2v) is 10.7. The van der Waals surface area contributed by atoms with Crippen molar-refractivity contribution in [3.63, 3.8) is 0 Å². The molecule has 34 heavy (non-hydrogen) atoms. The van der Waals surface area contributed by atoms with Crippen molar-refractivity contribution in [3.8, 4) is 0 Å². The molecule has 2 aliphatic heterocycles. The Hall–Kier alpha value is -2.16. The maximum Gasteiger partial charge on any atom is 0.416 e. The number of hydrogen-bond acceptors (Lipinski definition) is 3. The van der Waals surface area contributed by atoms with Crippen molar-refractivity contribution in [2.75, 3.05) is 39.3 Å². The van der Waals surface area contributed by atoms with Crippen LogP contribution in [0.2, 0.25) is 0 Å². The predicted molar refractivity (Wildman–Crippen MR) is 122 cm³/mol. The Morgan fingerprint density at radius 3 is 2.15 bits per heavy atom. The Balaban J connectivity index is 1.41. The minimum atomic E-state index is -4.72. The van der Waals surface area contributed by atoms with Gasteiger partial charge < -0.3 is 10.2 Å². The third kappa shape index (κ3) is 7.17. The molecule has 5 nitrogen and oxygen atoms in total. The molecular formula is C25H35F4N3O2. The first-order chi connectivity index (χ1) is 15.8. The number of alkyl halides is 3. The maximum absolute atomic E-state index is 13.6. The Labute approximate surface area is 198 Å². The molecule has 2 amide bonds. The van der Waals surface area contributed by atoms with Gasteiger partial charge in [0.1, 0.15) is 5.82 Å². The second-order valence-electron chi connectivity index (χ2n) is 10.7. The van der Waals surface area contributed by atoms with E-state index in [-0.39, 0.29) is 23.9 Å². The quantitative estimate of drug-likeness (QED) is 0.622. The van der Waals surface area contributed by atoms with Crippen molar-refractivity contribution in [1.82, 2.24) is 15.1 Å². The van der Waals surface area contributed by atoms with E-state index in [4.69, 9.17) is 0 Å². The van der Waals surface area contributed by atoms with Crippen LogP contribution in [0.15, 0.2) is 18.2 Å². The molecule has 2 heterocycles. The third-order valence-corrected chi connectivity index (χ3v) is 7.18. The minimum absolute atomic E-state index is 0.117. The van der Waals surface area contributed by atoms with Gasteiger partial charge in [-0.25, -0.2) is 4.39 Å². The fourth-order valence-corrected chi connectivity index (χ4v) is 4.86. The van der Waals surface area contributed by atoms with Crippen molar-refractivity contribution in [2.45, 2.75) is 52.6 Å². The summed E-state index contributed by atoms with van der Waals surface area (Å²) in [7, 11) is 0. The Kier molecular flexibility index (Phi) is 8.26. The van der Waals surface area contributed by atoms with Crippen molar-refractivity contribution in [3.05, 3.63) is 35.1 Å². The smallest absolute Gasteiger partial charge is 0.352 e. The molecule has 0 bridgehead atoms. The third-order valence-electron chi connectivity index (χ3n) is 7.18. The molecule has 0 aliphatic carbocycles. The van der Waals surface area contributed by atoms with Gasteiger partial charge in [-0.15, -0.1) is 0 Å². The van der Waals surface area contributed by atoms with E-state index in [2.05, 4.69) is 31.0 Å². The summed E-state index contributed by atoms with van der Waals surface area (Å²) in [6, 6.07) is 1.83. The van der Waals surface area contributed by atoms with Crippen molar-refractivity contribution >= 4 is 11.8 Å². The van der Waals surface area contributed by atoms with Crippen molar-refractivity contribution in [1.29, 1.82) is 0 Å². The van der Waals surface area contributed by atoms with Crippen molar-refractivity contribution in [2.24, 2.45) is 17.3 Å². The molecule has 190 valence electrons. The molecule has 2 aliphatic rings. The number of piperidine rings is 2. The lowest BCUT2D eigenvalue weighted by atomic mass is 9.75. The van der Waals surface area contributed by atoms with Crippen molar-refractivity contribution < 1.29 is 27.2 Å². The monoisotopic (exact) mass is 485 g/mol. The zero-order chi connectivity index (χ0) is 25.1. The van der Waals surface area contributed by atoms with Crippen LogP contribution in [0.1, 0.15) is 62.4 Å². The summed E-state index contributed by atoms with van der Waals surface area (Å²) in [5.41, 5.74) is -1.25. The van der Waals surface area contributed by atoms with Gasteiger partial charge in [-0.2, -0.15) is 13.2 Å². The lowest BCUT2D eigenvalue weighted by Crippen LogP contribution is -2.47. The van der Waals surface area contributed by atoms with Gasteiger partial charge in [0.25, 0.3) is 5.91 Å². The zero-order valence-corrected chi connectivity index (χ0v) is 20.2. The molecule has 2 saturated heterocycles. The molecule has 2 fully saturated rings. The summed E-state index contributed by atoms with van der Waals surface area (Å²) in [4.78, 5) is 29.1. The summed E-state index contributed by atoms with van der Waals surface area (Å²) < 4.78 is 52.2. The molecule has 0 atom stereocenters. The predicted octanol–water partition coefficient (Wildman–Crippen LogP) is 4.57. The standard InChI is InChI=1S/C25H35F4N3O2/c1-24(2,3)19-6-8-31(9-7-19)16-22(33)32-10-4-17(5-11-32)15-30-23(34)18-12-20(25(27,28)29)14-21(26)13-18/h12-14,17,19H,4-11,15-16H2,1-3H3,(H,30,34). The van der Waals surface area contributed by atoms with Crippen LogP contribution in [-0.2, 0) is 11.0 Å². The van der Waals surface area contributed by atoms with Crippen LogP contribution in [0.4, 0.5) is 17.6 Å². The normalized spacial score (nSPS) is 19.3. The first kappa shape index (κ1) is 26.4. The van der Waals surface area contributed by atoms with Gasteiger partial charge in [-0.1, -0.05) is 20.8 Å². The second kappa shape index (κ2) is 10.6. The Morgan fingerprint density at radius 1 is 0.971 bits per heavy atom. The van der Waals surface area contributed by atoms with E-state index in [9.17, 15) is 27.2 Å². The first-order valence-electron chi connectivity index (χ1n) is 12.0. The molecule has 0 aromatic heterocycles. The fraction of sp³-hybridized carbons (Fsp3) is 0.680. The summed E-state index contributed by atoms with van der Waals surface area (Å²) >= 11 is 0. The number of rotatable bonds is 5. The molecule has 1 aromatic carbocycles. The van der Waals surface area contributed by atoms with Crippen LogP contribution in [0.5, 0.6) is 0 Å². The molecule has 1 N–H and O–H groups in total. The zero-order valence-electron chi connectivity index (χ0n) is 20.2. The fourth-order valence-electron chi connectivity index (χ4n) is 4.86. The highest BCUT2D eigenvalue weighted by Gasteiger charge is 2.33. The average molecular weight is 486 g/mol. The lowest BCUT2D eigenvalue weighted by Gasteiger charge is -2.39. The van der Waals surface area contributed by atoms with Crippen LogP contribution >= 0.6 is 0 Å². The van der Waals surface area contributed by atoms with Gasteiger partial charge in [-0.3, -0.25) is 14.5 Å². The highest BCUT2D eigenvalue weighted by molar-refractivity contribution is 5.94. The highest BCUT2D eigenvalue weighted by atomic mass is 19.4. The number of halogens is 4. The van der Waals surface area contributed by atoms with Gasteiger partial charge in [0.2, 0.25) is 5.91 Å². The highest BCUT2D eigenvalue weighted by Crippen LogP contribution is 2.34. The molecular weight excluding hydrogens is 450 g/mol.